The maximum Gasteiger partial charge on any atom is 0.231 e. The van der Waals surface area contributed by atoms with Gasteiger partial charge in [-0.3, -0.25) is 0 Å². The number of aromatic nitrogens is 2. The standard InChI is InChI=1S/C16H17N3O3/c1-20-15-7-14(18-16(19-15)11-3-4-11)17-8-10-2-5-12-13(6-10)22-9-21-12/h2,5-7,11H,3-4,8-9H2,1H3,(H,17,18,19). The van der Waals surface area contributed by atoms with Crippen LogP contribution in [0, 0.1) is 0 Å². The molecule has 1 aliphatic heterocycles. The number of fused-ring (bicyclic) bond motifs is 1. The van der Waals surface area contributed by atoms with Crippen LogP contribution in [0.3, 0.4) is 0 Å². The molecule has 0 saturated heterocycles. The summed E-state index contributed by atoms with van der Waals surface area (Å²) in [5.74, 6) is 4.33. The van der Waals surface area contributed by atoms with Gasteiger partial charge >= 0.3 is 0 Å². The van der Waals surface area contributed by atoms with Gasteiger partial charge in [-0.05, 0) is 30.5 Å². The topological polar surface area (TPSA) is 65.5 Å². The Morgan fingerprint density at radius 2 is 2.05 bits per heavy atom. The second-order valence-corrected chi connectivity index (χ2v) is 5.47. The third-order valence-corrected chi connectivity index (χ3v) is 3.78. The van der Waals surface area contributed by atoms with Gasteiger partial charge in [-0.25, -0.2) is 4.98 Å². The smallest absolute Gasteiger partial charge is 0.231 e. The minimum atomic E-state index is 0.292. The van der Waals surface area contributed by atoms with E-state index < -0.39 is 0 Å². The first kappa shape index (κ1) is 13.2. The molecular formula is C16H17N3O3. The van der Waals surface area contributed by atoms with Crippen LogP contribution >= 0.6 is 0 Å². The molecule has 4 rings (SSSR count). The van der Waals surface area contributed by atoms with E-state index in [4.69, 9.17) is 14.2 Å². The van der Waals surface area contributed by atoms with Crippen molar-refractivity contribution in [2.24, 2.45) is 0 Å². The molecule has 1 aromatic carbocycles. The van der Waals surface area contributed by atoms with Gasteiger partial charge < -0.3 is 19.5 Å². The van der Waals surface area contributed by atoms with Gasteiger partial charge in [0.2, 0.25) is 12.7 Å². The zero-order valence-corrected chi connectivity index (χ0v) is 12.3. The quantitative estimate of drug-likeness (QED) is 0.915. The van der Waals surface area contributed by atoms with Crippen LogP contribution in [0.1, 0.15) is 30.1 Å². The Morgan fingerprint density at radius 3 is 2.86 bits per heavy atom. The van der Waals surface area contributed by atoms with E-state index in [1.807, 2.05) is 24.3 Å². The molecular weight excluding hydrogens is 282 g/mol. The van der Waals surface area contributed by atoms with E-state index in [1.165, 1.54) is 0 Å². The second-order valence-electron chi connectivity index (χ2n) is 5.47. The molecule has 0 spiro atoms. The maximum atomic E-state index is 5.39. The Hall–Kier alpha value is -2.50. The number of ether oxygens (including phenoxy) is 3. The van der Waals surface area contributed by atoms with Crippen LogP contribution < -0.4 is 19.5 Å². The fourth-order valence-corrected chi connectivity index (χ4v) is 2.41. The summed E-state index contributed by atoms with van der Waals surface area (Å²) < 4.78 is 16.0. The summed E-state index contributed by atoms with van der Waals surface area (Å²) in [7, 11) is 1.63. The third kappa shape index (κ3) is 2.64. The van der Waals surface area contributed by atoms with Crippen molar-refractivity contribution in [1.29, 1.82) is 0 Å². The molecule has 0 radical (unpaired) electrons. The Labute approximate surface area is 128 Å². The zero-order valence-electron chi connectivity index (χ0n) is 12.3. The SMILES string of the molecule is COc1cc(NCc2ccc3c(c2)OCO3)nc(C2CC2)n1. The average molecular weight is 299 g/mol. The summed E-state index contributed by atoms with van der Waals surface area (Å²) in [5.41, 5.74) is 1.11. The Morgan fingerprint density at radius 1 is 1.18 bits per heavy atom. The van der Waals surface area contributed by atoms with Crippen LogP contribution in [0.4, 0.5) is 5.82 Å². The highest BCUT2D eigenvalue weighted by molar-refractivity contribution is 5.46. The lowest BCUT2D eigenvalue weighted by atomic mass is 10.2. The van der Waals surface area contributed by atoms with Gasteiger partial charge in [-0.2, -0.15) is 4.98 Å². The molecule has 0 atom stereocenters. The van der Waals surface area contributed by atoms with Gasteiger partial charge in [0.25, 0.3) is 0 Å². The zero-order chi connectivity index (χ0) is 14.9. The van der Waals surface area contributed by atoms with Gasteiger partial charge in [0, 0.05) is 18.5 Å². The van der Waals surface area contributed by atoms with Crippen LogP contribution in [0.5, 0.6) is 17.4 Å². The summed E-state index contributed by atoms with van der Waals surface area (Å²) in [6.07, 6.45) is 2.32. The van der Waals surface area contributed by atoms with Crippen LogP contribution in [0.2, 0.25) is 0 Å². The monoisotopic (exact) mass is 299 g/mol. The largest absolute Gasteiger partial charge is 0.481 e. The molecule has 22 heavy (non-hydrogen) atoms. The Kier molecular flexibility index (Phi) is 3.21. The second kappa shape index (κ2) is 5.36. The first-order valence-corrected chi connectivity index (χ1v) is 7.37. The summed E-state index contributed by atoms with van der Waals surface area (Å²) >= 11 is 0. The molecule has 114 valence electrons. The summed E-state index contributed by atoms with van der Waals surface area (Å²) in [4.78, 5) is 8.98. The van der Waals surface area contributed by atoms with Crippen LogP contribution in [-0.2, 0) is 6.54 Å². The fraction of sp³-hybridized carbons (Fsp3) is 0.375. The third-order valence-electron chi connectivity index (χ3n) is 3.78. The molecule has 6 heteroatoms. The van der Waals surface area contributed by atoms with Gasteiger partial charge in [0.15, 0.2) is 11.5 Å². The molecule has 1 saturated carbocycles. The number of benzene rings is 1. The maximum absolute atomic E-state index is 5.39. The first-order chi connectivity index (χ1) is 10.8. The van der Waals surface area contributed by atoms with Crippen molar-refractivity contribution >= 4 is 5.82 Å². The lowest BCUT2D eigenvalue weighted by molar-refractivity contribution is 0.174. The predicted octanol–water partition coefficient (Wildman–Crippen LogP) is 2.70. The number of hydrogen-bond acceptors (Lipinski definition) is 6. The predicted molar refractivity (Wildman–Crippen MR) is 80.5 cm³/mol. The Bertz CT molecular complexity index is 701. The number of anilines is 1. The van der Waals surface area contributed by atoms with E-state index in [0.717, 1.165) is 41.5 Å². The molecule has 6 nitrogen and oxygen atoms in total. The highest BCUT2D eigenvalue weighted by atomic mass is 16.7. The van der Waals surface area contributed by atoms with E-state index in [2.05, 4.69) is 15.3 Å². The summed E-state index contributed by atoms with van der Waals surface area (Å²) in [6, 6.07) is 7.74. The van der Waals surface area contributed by atoms with Crippen molar-refractivity contribution in [2.75, 3.05) is 19.2 Å². The van der Waals surface area contributed by atoms with Crippen molar-refractivity contribution in [2.45, 2.75) is 25.3 Å². The van der Waals surface area contributed by atoms with E-state index in [0.29, 0.717) is 25.1 Å². The minimum Gasteiger partial charge on any atom is -0.481 e. The van der Waals surface area contributed by atoms with Crippen molar-refractivity contribution in [3.63, 3.8) is 0 Å². The summed E-state index contributed by atoms with van der Waals surface area (Å²) in [5, 5.41) is 3.32. The van der Waals surface area contributed by atoms with Crippen molar-refractivity contribution in [3.8, 4) is 17.4 Å². The molecule has 1 aromatic heterocycles. The summed E-state index contributed by atoms with van der Waals surface area (Å²) in [6.45, 7) is 0.945. The van der Waals surface area contributed by atoms with E-state index in [1.54, 1.807) is 7.11 Å². The molecule has 0 bridgehead atoms. The Balaban J connectivity index is 1.50. The highest BCUT2D eigenvalue weighted by Crippen LogP contribution is 2.39. The molecule has 2 aromatic rings. The van der Waals surface area contributed by atoms with Gasteiger partial charge in [-0.15, -0.1) is 0 Å². The number of nitrogens with zero attached hydrogens (tertiary/aromatic N) is 2. The van der Waals surface area contributed by atoms with Crippen molar-refractivity contribution in [1.82, 2.24) is 9.97 Å². The molecule has 1 N–H and O–H groups in total. The molecule has 0 amide bonds. The van der Waals surface area contributed by atoms with Crippen LogP contribution in [-0.4, -0.2) is 23.9 Å². The molecule has 1 aliphatic carbocycles. The van der Waals surface area contributed by atoms with Crippen molar-refractivity contribution < 1.29 is 14.2 Å². The minimum absolute atomic E-state index is 0.292. The highest BCUT2D eigenvalue weighted by Gasteiger charge is 2.27. The normalized spacial score (nSPS) is 15.7. The first-order valence-electron chi connectivity index (χ1n) is 7.37. The average Bonchev–Trinajstić information content (AvgIpc) is 3.30. The molecule has 2 aliphatic rings. The molecule has 1 fully saturated rings. The fourth-order valence-electron chi connectivity index (χ4n) is 2.41. The number of hydrogen-bond donors (Lipinski definition) is 1. The van der Waals surface area contributed by atoms with Gasteiger partial charge in [0.05, 0.1) is 7.11 Å². The number of methoxy groups -OCH3 is 1. The molecule has 0 unspecified atom stereocenters. The van der Waals surface area contributed by atoms with E-state index >= 15 is 0 Å². The number of rotatable bonds is 5. The van der Waals surface area contributed by atoms with Gasteiger partial charge in [-0.1, -0.05) is 6.07 Å². The van der Waals surface area contributed by atoms with E-state index in [-0.39, 0.29) is 0 Å². The number of nitrogens with one attached hydrogen (secondary N) is 1. The van der Waals surface area contributed by atoms with Crippen LogP contribution in [0.25, 0.3) is 0 Å². The lowest BCUT2D eigenvalue weighted by Gasteiger charge is -2.09. The van der Waals surface area contributed by atoms with E-state index in [9.17, 15) is 0 Å². The lowest BCUT2D eigenvalue weighted by Crippen LogP contribution is -2.05. The van der Waals surface area contributed by atoms with Crippen LogP contribution in [0.15, 0.2) is 24.3 Å². The molecule has 2 heterocycles. The van der Waals surface area contributed by atoms with Gasteiger partial charge in [0.1, 0.15) is 11.6 Å². The van der Waals surface area contributed by atoms with Crippen molar-refractivity contribution in [3.05, 3.63) is 35.7 Å².